The van der Waals surface area contributed by atoms with Gasteiger partial charge in [-0.1, -0.05) is 41.9 Å². The van der Waals surface area contributed by atoms with Gasteiger partial charge in [-0.25, -0.2) is 4.68 Å². The summed E-state index contributed by atoms with van der Waals surface area (Å²) < 4.78 is 3.54. The molecule has 4 aromatic rings. The van der Waals surface area contributed by atoms with Gasteiger partial charge in [0.15, 0.2) is 5.82 Å². The van der Waals surface area contributed by atoms with Gasteiger partial charge in [0.2, 0.25) is 0 Å². The molecule has 1 amide bonds. The molecule has 0 fully saturated rings. The average molecular weight is 407 g/mol. The number of aryl methyl sites for hydroxylation is 1. The van der Waals surface area contributed by atoms with Gasteiger partial charge in [0.1, 0.15) is 11.5 Å². The second kappa shape index (κ2) is 7.89. The van der Waals surface area contributed by atoms with E-state index in [-0.39, 0.29) is 12.5 Å². The van der Waals surface area contributed by atoms with Crippen LogP contribution in [0.2, 0.25) is 5.02 Å². The topological polar surface area (TPSA) is 77.6 Å². The van der Waals surface area contributed by atoms with Crippen LogP contribution in [0.15, 0.2) is 60.8 Å². The molecule has 2 heterocycles. The van der Waals surface area contributed by atoms with Gasteiger partial charge in [-0.3, -0.25) is 4.79 Å². The van der Waals surface area contributed by atoms with Crippen molar-refractivity contribution in [3.63, 3.8) is 0 Å². The van der Waals surface area contributed by atoms with Crippen LogP contribution in [0.4, 0.5) is 0 Å². The van der Waals surface area contributed by atoms with Gasteiger partial charge < -0.3 is 9.88 Å². The molecule has 29 heavy (non-hydrogen) atoms. The normalized spacial score (nSPS) is 10.9. The molecule has 0 radical (unpaired) electrons. The summed E-state index contributed by atoms with van der Waals surface area (Å²) in [6, 6.07) is 16.9. The third kappa shape index (κ3) is 3.90. The number of amides is 1. The van der Waals surface area contributed by atoms with Crippen LogP contribution >= 0.6 is 11.6 Å². The molecule has 0 spiro atoms. The van der Waals surface area contributed by atoms with Gasteiger partial charge in [-0.05, 0) is 31.2 Å². The van der Waals surface area contributed by atoms with E-state index >= 15 is 0 Å². The summed E-state index contributed by atoms with van der Waals surface area (Å²) in [4.78, 5) is 13.0. The van der Waals surface area contributed by atoms with Crippen LogP contribution in [0, 0.1) is 6.92 Å². The second-order valence-corrected chi connectivity index (χ2v) is 7.02. The first-order valence-electron chi connectivity index (χ1n) is 9.07. The van der Waals surface area contributed by atoms with Gasteiger partial charge in [0, 0.05) is 23.8 Å². The van der Waals surface area contributed by atoms with E-state index in [1.54, 1.807) is 23.0 Å². The van der Waals surface area contributed by atoms with Crippen LogP contribution in [-0.4, -0.2) is 30.5 Å². The van der Waals surface area contributed by atoms with Gasteiger partial charge in [-0.2, -0.15) is 5.10 Å². The Morgan fingerprint density at radius 2 is 1.79 bits per heavy atom. The van der Waals surface area contributed by atoms with Crippen molar-refractivity contribution in [3.8, 4) is 16.9 Å². The molecule has 0 aliphatic carbocycles. The molecule has 0 bridgehead atoms. The molecular weight excluding hydrogens is 388 g/mol. The highest BCUT2D eigenvalue weighted by Gasteiger charge is 2.19. The Kier molecular flexibility index (Phi) is 5.14. The molecular formula is C21H19ClN6O. The second-order valence-electron chi connectivity index (χ2n) is 6.58. The minimum absolute atomic E-state index is 0.238. The van der Waals surface area contributed by atoms with Crippen molar-refractivity contribution in [3.05, 3.63) is 83.0 Å². The Morgan fingerprint density at radius 3 is 2.45 bits per heavy atom. The predicted octanol–water partition coefficient (Wildman–Crippen LogP) is 3.56. The maximum Gasteiger partial charge on any atom is 0.255 e. The number of nitrogens with zero attached hydrogens (tertiary/aromatic N) is 5. The van der Waals surface area contributed by atoms with Crippen molar-refractivity contribution in [2.24, 2.45) is 7.05 Å². The Hall–Kier alpha value is -3.45. The summed E-state index contributed by atoms with van der Waals surface area (Å²) in [5, 5.41) is 16.3. The molecule has 0 atom stereocenters. The van der Waals surface area contributed by atoms with Gasteiger partial charge in [0.25, 0.3) is 5.91 Å². The highest BCUT2D eigenvalue weighted by atomic mass is 35.5. The Bertz CT molecular complexity index is 1150. The fourth-order valence-electron chi connectivity index (χ4n) is 2.93. The van der Waals surface area contributed by atoms with Crippen LogP contribution in [-0.2, 0) is 13.6 Å². The first kappa shape index (κ1) is 18.9. The van der Waals surface area contributed by atoms with Crippen molar-refractivity contribution in [1.82, 2.24) is 29.9 Å². The first-order valence-corrected chi connectivity index (χ1v) is 9.45. The average Bonchev–Trinajstić information content (AvgIpc) is 3.32. The number of hydrogen-bond donors (Lipinski definition) is 1. The number of nitrogens with one attached hydrogen (secondary N) is 1. The van der Waals surface area contributed by atoms with Crippen LogP contribution in [0.5, 0.6) is 0 Å². The first-order chi connectivity index (χ1) is 14.0. The number of aromatic nitrogens is 5. The standard InChI is InChI=1S/C21H19ClN6O/c1-14-24-25-19(27(14)2)12-23-21(29)18-13-28(17-6-4-3-5-7-17)26-20(18)15-8-10-16(22)11-9-15/h3-11,13H,12H2,1-2H3,(H,23,29). The molecule has 0 saturated carbocycles. The van der Waals surface area contributed by atoms with Crippen LogP contribution in [0.3, 0.4) is 0 Å². The van der Waals surface area contributed by atoms with Crippen LogP contribution < -0.4 is 5.32 Å². The summed E-state index contributed by atoms with van der Waals surface area (Å²) in [6.45, 7) is 2.13. The van der Waals surface area contributed by atoms with Gasteiger partial charge in [-0.15, -0.1) is 10.2 Å². The lowest BCUT2D eigenvalue weighted by Gasteiger charge is -2.05. The van der Waals surface area contributed by atoms with Crippen molar-refractivity contribution >= 4 is 17.5 Å². The lowest BCUT2D eigenvalue weighted by atomic mass is 10.1. The molecule has 8 heteroatoms. The number of para-hydroxylation sites is 1. The largest absolute Gasteiger partial charge is 0.345 e. The van der Waals surface area contributed by atoms with Crippen molar-refractivity contribution in [2.75, 3.05) is 0 Å². The van der Waals surface area contributed by atoms with Crippen LogP contribution in [0.1, 0.15) is 22.0 Å². The van der Waals surface area contributed by atoms with E-state index < -0.39 is 0 Å². The zero-order valence-electron chi connectivity index (χ0n) is 16.0. The fraction of sp³-hybridized carbons (Fsp3) is 0.143. The molecule has 7 nitrogen and oxygen atoms in total. The summed E-state index contributed by atoms with van der Waals surface area (Å²) in [5.74, 6) is 1.23. The molecule has 4 rings (SSSR count). The molecule has 146 valence electrons. The van der Waals surface area contributed by atoms with Crippen molar-refractivity contribution < 1.29 is 4.79 Å². The molecule has 0 unspecified atom stereocenters. The summed E-state index contributed by atoms with van der Waals surface area (Å²) in [7, 11) is 1.86. The van der Waals surface area contributed by atoms with Crippen molar-refractivity contribution in [2.45, 2.75) is 13.5 Å². The Labute approximate surface area is 173 Å². The SMILES string of the molecule is Cc1nnc(CNC(=O)c2cn(-c3ccccc3)nc2-c2ccc(Cl)cc2)n1C. The minimum atomic E-state index is -0.238. The lowest BCUT2D eigenvalue weighted by molar-refractivity contribution is 0.0950. The number of carbonyl (C=O) groups is 1. The number of hydrogen-bond acceptors (Lipinski definition) is 4. The van der Waals surface area contributed by atoms with Crippen molar-refractivity contribution in [1.29, 1.82) is 0 Å². The smallest absolute Gasteiger partial charge is 0.255 e. The van der Waals surface area contributed by atoms with Gasteiger partial charge >= 0.3 is 0 Å². The maximum atomic E-state index is 13.0. The third-order valence-corrected chi connectivity index (χ3v) is 4.94. The zero-order valence-corrected chi connectivity index (χ0v) is 16.8. The van der Waals surface area contributed by atoms with E-state index in [2.05, 4.69) is 20.6 Å². The monoisotopic (exact) mass is 406 g/mol. The van der Waals surface area contributed by atoms with E-state index in [9.17, 15) is 4.79 Å². The Morgan fingerprint density at radius 1 is 1.07 bits per heavy atom. The van der Waals surface area contributed by atoms with Gasteiger partial charge in [0.05, 0.1) is 17.8 Å². The van der Waals surface area contributed by atoms with E-state index in [4.69, 9.17) is 11.6 Å². The number of carbonyl (C=O) groups excluding carboxylic acids is 1. The lowest BCUT2D eigenvalue weighted by Crippen LogP contribution is -2.24. The minimum Gasteiger partial charge on any atom is -0.345 e. The molecule has 0 aliphatic heterocycles. The molecule has 1 N–H and O–H groups in total. The Balaban J connectivity index is 1.68. The molecule has 2 aromatic carbocycles. The van der Waals surface area contributed by atoms with E-state index in [1.165, 1.54) is 0 Å². The highest BCUT2D eigenvalue weighted by Crippen LogP contribution is 2.25. The maximum absolute atomic E-state index is 13.0. The number of rotatable bonds is 5. The van der Waals surface area contributed by atoms with E-state index in [0.717, 1.165) is 17.1 Å². The van der Waals surface area contributed by atoms with Crippen LogP contribution in [0.25, 0.3) is 16.9 Å². The zero-order chi connectivity index (χ0) is 20.4. The van der Waals surface area contributed by atoms with E-state index in [1.807, 2.05) is 61.0 Å². The summed E-state index contributed by atoms with van der Waals surface area (Å²) in [6.07, 6.45) is 1.73. The molecule has 2 aromatic heterocycles. The molecule has 0 saturated heterocycles. The summed E-state index contributed by atoms with van der Waals surface area (Å²) in [5.41, 5.74) is 2.72. The third-order valence-electron chi connectivity index (χ3n) is 4.69. The fourth-order valence-corrected chi connectivity index (χ4v) is 3.06. The summed E-state index contributed by atoms with van der Waals surface area (Å²) >= 11 is 6.02. The number of benzene rings is 2. The quantitative estimate of drug-likeness (QED) is 0.549. The van der Waals surface area contributed by atoms with E-state index in [0.29, 0.717) is 22.1 Å². The highest BCUT2D eigenvalue weighted by molar-refractivity contribution is 6.30. The number of halogens is 1. The molecule has 0 aliphatic rings. The predicted molar refractivity (Wildman–Crippen MR) is 111 cm³/mol.